The summed E-state index contributed by atoms with van der Waals surface area (Å²) in [6.45, 7) is 6.14. The van der Waals surface area contributed by atoms with E-state index in [0.29, 0.717) is 54.1 Å². The van der Waals surface area contributed by atoms with Gasteiger partial charge in [0.2, 0.25) is 33.3 Å². The number of sulfonamides is 1. The molecule has 0 unspecified atom stereocenters. The molecule has 3 N–H and O–H groups in total. The van der Waals surface area contributed by atoms with Crippen LogP contribution in [0.5, 0.6) is 5.75 Å². The highest BCUT2D eigenvalue weighted by Crippen LogP contribution is 2.36. The fourth-order valence-corrected chi connectivity index (χ4v) is 8.13. The normalized spacial score (nSPS) is 14.8. The topological polar surface area (TPSA) is 155 Å². The zero-order valence-electron chi connectivity index (χ0n) is 32.1. The monoisotopic (exact) mass is 817 g/mol. The van der Waals surface area contributed by atoms with E-state index in [0.717, 1.165) is 18.4 Å². The number of carbonyl (C=O) groups excluding carboxylic acids is 2. The third-order valence-electron chi connectivity index (χ3n) is 9.55. The average molecular weight is 818 g/mol. The Labute approximate surface area is 329 Å². The number of halogens is 4. The Hall–Kier alpha value is -4.68. The van der Waals surface area contributed by atoms with Crippen LogP contribution in [0, 0.1) is 29.2 Å². The first-order chi connectivity index (χ1) is 27.2. The van der Waals surface area contributed by atoms with Crippen molar-refractivity contribution in [2.24, 2.45) is 16.6 Å². The molecule has 2 aliphatic heterocycles. The Balaban J connectivity index is 1.33. The van der Waals surface area contributed by atoms with Gasteiger partial charge in [-0.1, -0.05) is 32.0 Å². The summed E-state index contributed by atoms with van der Waals surface area (Å²) in [6, 6.07) is 10.3. The van der Waals surface area contributed by atoms with Crippen LogP contribution in [0.25, 0.3) is 17.2 Å². The van der Waals surface area contributed by atoms with Crippen LogP contribution in [-0.2, 0) is 30.9 Å². The Kier molecular flexibility index (Phi) is 14.6. The molecule has 3 aromatic rings. The summed E-state index contributed by atoms with van der Waals surface area (Å²) in [6.07, 6.45) is 3.15. The number of likely N-dealkylation sites (N-methyl/N-ethyl adjacent to an activating group) is 1. The van der Waals surface area contributed by atoms with Crippen molar-refractivity contribution in [3.8, 4) is 16.9 Å². The summed E-state index contributed by atoms with van der Waals surface area (Å²) in [7, 11) is -2.07. The van der Waals surface area contributed by atoms with Gasteiger partial charge >= 0.3 is 5.97 Å². The van der Waals surface area contributed by atoms with Crippen LogP contribution in [0.15, 0.2) is 57.9 Å². The van der Waals surface area contributed by atoms with Crippen molar-refractivity contribution in [3.05, 3.63) is 82.4 Å². The molecule has 0 atom stereocenters. The van der Waals surface area contributed by atoms with Gasteiger partial charge in [0, 0.05) is 75.4 Å². The van der Waals surface area contributed by atoms with Crippen LogP contribution in [0.3, 0.4) is 0 Å². The van der Waals surface area contributed by atoms with E-state index in [4.69, 9.17) is 10.5 Å². The van der Waals surface area contributed by atoms with Crippen molar-refractivity contribution < 1.29 is 50.1 Å². The fourth-order valence-electron chi connectivity index (χ4n) is 6.51. The fraction of sp³-hybridized carbons (Fsp3) is 0.425. The van der Waals surface area contributed by atoms with Crippen LogP contribution in [0.2, 0.25) is 0 Å². The van der Waals surface area contributed by atoms with Crippen molar-refractivity contribution in [2.75, 3.05) is 59.6 Å². The number of nitrogens with two attached hydrogens (primary N) is 1. The van der Waals surface area contributed by atoms with Crippen LogP contribution in [0.4, 0.5) is 23.2 Å². The number of benzene rings is 3. The van der Waals surface area contributed by atoms with E-state index in [1.165, 1.54) is 10.4 Å². The molecule has 3 aromatic carbocycles. The van der Waals surface area contributed by atoms with Gasteiger partial charge in [0.25, 0.3) is 0 Å². The van der Waals surface area contributed by atoms with Crippen LogP contribution >= 0.6 is 0 Å². The summed E-state index contributed by atoms with van der Waals surface area (Å²) in [5.74, 6) is -9.64. The first-order valence-corrected chi connectivity index (χ1v) is 20.1. The first-order valence-electron chi connectivity index (χ1n) is 18.7. The number of rotatable bonds is 18. The third-order valence-corrected chi connectivity index (χ3v) is 11.4. The summed E-state index contributed by atoms with van der Waals surface area (Å²) in [4.78, 5) is 34.1. The van der Waals surface area contributed by atoms with E-state index >= 15 is 0 Å². The lowest BCUT2D eigenvalue weighted by atomic mass is 9.96. The van der Waals surface area contributed by atoms with E-state index in [2.05, 4.69) is 9.73 Å². The predicted octanol–water partition coefficient (Wildman–Crippen LogP) is 5.39. The highest BCUT2D eigenvalue weighted by molar-refractivity contribution is 7.89. The molecule has 0 radical (unpaired) electrons. The lowest BCUT2D eigenvalue weighted by molar-refractivity contribution is -0.136. The zero-order valence-corrected chi connectivity index (χ0v) is 32.9. The Morgan fingerprint density at radius 3 is 2.30 bits per heavy atom. The molecule has 0 aromatic heterocycles. The maximum absolute atomic E-state index is 13.9. The van der Waals surface area contributed by atoms with Crippen molar-refractivity contribution in [1.82, 2.24) is 14.1 Å². The maximum Gasteiger partial charge on any atom is 0.313 e. The molecular weight excluding hydrogens is 771 g/mol. The number of aliphatic imine (C=N–C) groups is 1. The largest absolute Gasteiger partial charge is 0.420 e. The molecule has 57 heavy (non-hydrogen) atoms. The molecule has 12 nitrogen and oxygen atoms in total. The predicted molar refractivity (Wildman–Crippen MR) is 206 cm³/mol. The molecular formula is C40H47F4N5O7S. The molecule has 1 saturated heterocycles. The number of esters is 1. The van der Waals surface area contributed by atoms with Gasteiger partial charge in [0.15, 0.2) is 11.6 Å². The molecule has 17 heteroatoms. The van der Waals surface area contributed by atoms with E-state index in [1.54, 1.807) is 31.3 Å². The summed E-state index contributed by atoms with van der Waals surface area (Å²) < 4.78 is 93.2. The van der Waals surface area contributed by atoms with Crippen LogP contribution < -0.4 is 10.5 Å². The molecule has 2 aliphatic rings. The number of nitrogens with zero attached hydrogens (tertiary/aromatic N) is 4. The Morgan fingerprint density at radius 1 is 0.965 bits per heavy atom. The number of ether oxygens (including phenoxy) is 2. The molecule has 308 valence electrons. The van der Waals surface area contributed by atoms with Gasteiger partial charge in [0.05, 0.1) is 30.2 Å². The van der Waals surface area contributed by atoms with Gasteiger partial charge in [-0.15, -0.1) is 0 Å². The summed E-state index contributed by atoms with van der Waals surface area (Å²) in [5, 5.41) is 9.47. The van der Waals surface area contributed by atoms with Crippen LogP contribution in [0.1, 0.15) is 50.7 Å². The minimum Gasteiger partial charge on any atom is -0.420 e. The summed E-state index contributed by atoms with van der Waals surface area (Å²) >= 11 is 0. The van der Waals surface area contributed by atoms with Gasteiger partial charge in [0.1, 0.15) is 5.84 Å². The lowest BCUT2D eigenvalue weighted by Crippen LogP contribution is -2.51. The second kappa shape index (κ2) is 19.2. The minimum absolute atomic E-state index is 0.00775. The van der Waals surface area contributed by atoms with Crippen molar-refractivity contribution >= 4 is 39.5 Å². The average Bonchev–Trinajstić information content (AvgIpc) is 3.32. The van der Waals surface area contributed by atoms with Gasteiger partial charge in [-0.2, -0.15) is 13.1 Å². The van der Waals surface area contributed by atoms with Gasteiger partial charge < -0.3 is 25.2 Å². The number of aliphatic hydroxyl groups is 1. The second-order valence-corrected chi connectivity index (χ2v) is 16.0. The van der Waals surface area contributed by atoms with Gasteiger partial charge in [-0.25, -0.2) is 22.2 Å². The third kappa shape index (κ3) is 10.4. The molecule has 1 amide bonds. The second-order valence-electron chi connectivity index (χ2n) is 14.1. The number of aliphatic hydroxyl groups excluding tert-OH is 1. The highest BCUT2D eigenvalue weighted by Gasteiger charge is 2.36. The molecule has 2 heterocycles. The Morgan fingerprint density at radius 2 is 1.65 bits per heavy atom. The number of amides is 1. The number of carbonyl (C=O) groups is 2. The van der Waals surface area contributed by atoms with E-state index in [9.17, 15) is 40.7 Å². The quantitative estimate of drug-likeness (QED) is 0.0566. The standard InChI is InChI=1S/C40H47F4N5O7S/c1-4-11-48(12-5-2)40(52)29-16-27-7-6-26(17-34(27)46-35(45)18-29)31-19-30(57(53,54)49-21-25(22-49)24-50)9-8-28(31)23-47(3)13-15-55-14-10-36(51)56-39-37(43)32(41)20-33(42)38(39)44/h6-9,16-17,19-20,25,50H,4-5,10-15,18,21-24H2,1-3H3,(H2,45,46). The number of hydrogen-bond donors (Lipinski definition) is 2. The van der Waals surface area contributed by atoms with E-state index < -0.39 is 51.4 Å². The molecule has 0 bridgehead atoms. The smallest absolute Gasteiger partial charge is 0.313 e. The first kappa shape index (κ1) is 43.4. The molecule has 5 rings (SSSR count). The SMILES string of the molecule is CCCN(CCC)C(=O)C1=Cc2ccc(-c3cc(S(=O)(=O)N4CC(CO)C4)ccc3CN(C)CCOCCC(=O)Oc3c(F)c(F)cc(F)c3F)cc2N=C(N)C1. The minimum atomic E-state index is -3.87. The molecule has 0 spiro atoms. The van der Waals surface area contributed by atoms with Gasteiger partial charge in [-0.3, -0.25) is 14.5 Å². The van der Waals surface area contributed by atoms with Crippen molar-refractivity contribution in [2.45, 2.75) is 51.0 Å². The van der Waals surface area contributed by atoms with Crippen molar-refractivity contribution in [1.29, 1.82) is 0 Å². The molecule has 0 saturated carbocycles. The zero-order chi connectivity index (χ0) is 41.4. The highest BCUT2D eigenvalue weighted by atomic mass is 32.2. The molecule has 1 fully saturated rings. The van der Waals surface area contributed by atoms with Gasteiger partial charge in [-0.05, 0) is 60.9 Å². The number of amidine groups is 1. The Bertz CT molecular complexity index is 2110. The molecule has 0 aliphatic carbocycles. The van der Waals surface area contributed by atoms with Crippen molar-refractivity contribution in [3.63, 3.8) is 0 Å². The lowest BCUT2D eigenvalue weighted by Gasteiger charge is -2.37. The number of hydrogen-bond acceptors (Lipinski definition) is 10. The van der Waals surface area contributed by atoms with E-state index in [1.807, 2.05) is 35.8 Å². The maximum atomic E-state index is 13.9. The number of fused-ring (bicyclic) bond motifs is 1. The van der Waals surface area contributed by atoms with Crippen LogP contribution in [-0.4, -0.2) is 105 Å². The summed E-state index contributed by atoms with van der Waals surface area (Å²) in [5.41, 5.74) is 10.1. The van der Waals surface area contributed by atoms with E-state index in [-0.39, 0.29) is 68.0 Å².